The van der Waals surface area contributed by atoms with E-state index in [1.54, 1.807) is 19.2 Å². The average molecular weight is 282 g/mol. The van der Waals surface area contributed by atoms with Gasteiger partial charge in [0.1, 0.15) is 0 Å². The summed E-state index contributed by atoms with van der Waals surface area (Å²) in [5, 5.41) is 3.11. The molecule has 1 fully saturated rings. The molecule has 1 aromatic carbocycles. The molecule has 4 heteroatoms. The van der Waals surface area contributed by atoms with E-state index in [-0.39, 0.29) is 6.04 Å². The van der Waals surface area contributed by atoms with E-state index < -0.39 is 11.6 Å². The predicted octanol–water partition coefficient (Wildman–Crippen LogP) is 3.49. The molecule has 0 aliphatic carbocycles. The van der Waals surface area contributed by atoms with Crippen molar-refractivity contribution in [1.29, 1.82) is 0 Å². The second-order valence-corrected chi connectivity index (χ2v) is 5.51. The van der Waals surface area contributed by atoms with Crippen LogP contribution in [0.4, 0.5) is 8.78 Å². The lowest BCUT2D eigenvalue weighted by Gasteiger charge is -2.26. The first-order chi connectivity index (χ1) is 9.67. The summed E-state index contributed by atoms with van der Waals surface area (Å²) in [6, 6.07) is 4.93. The van der Waals surface area contributed by atoms with Crippen molar-refractivity contribution < 1.29 is 8.78 Å². The topological polar surface area (TPSA) is 15.3 Å². The molecule has 112 valence electrons. The fourth-order valence-electron chi connectivity index (χ4n) is 3.19. The van der Waals surface area contributed by atoms with Gasteiger partial charge in [-0.2, -0.15) is 0 Å². The van der Waals surface area contributed by atoms with E-state index in [9.17, 15) is 8.78 Å². The monoisotopic (exact) mass is 282 g/mol. The molecular weight excluding hydrogens is 258 g/mol. The molecule has 1 aliphatic rings. The Kier molecular flexibility index (Phi) is 5.49. The maximum Gasteiger partial charge on any atom is 0.163 e. The zero-order valence-electron chi connectivity index (χ0n) is 12.3. The lowest BCUT2D eigenvalue weighted by Crippen LogP contribution is -2.32. The van der Waals surface area contributed by atoms with Gasteiger partial charge in [0.15, 0.2) is 11.6 Å². The molecule has 0 spiro atoms. The van der Waals surface area contributed by atoms with Gasteiger partial charge in [-0.05, 0) is 45.3 Å². The minimum Gasteiger partial charge on any atom is -0.313 e. The van der Waals surface area contributed by atoms with Gasteiger partial charge in [-0.3, -0.25) is 0 Å². The largest absolute Gasteiger partial charge is 0.313 e. The third kappa shape index (κ3) is 3.36. The van der Waals surface area contributed by atoms with Gasteiger partial charge in [-0.25, -0.2) is 8.78 Å². The van der Waals surface area contributed by atoms with Gasteiger partial charge in [0, 0.05) is 24.2 Å². The first kappa shape index (κ1) is 15.4. The summed E-state index contributed by atoms with van der Waals surface area (Å²) >= 11 is 0. The van der Waals surface area contributed by atoms with E-state index in [4.69, 9.17) is 0 Å². The summed E-state index contributed by atoms with van der Waals surface area (Å²) in [5.41, 5.74) is 0.430. The SMILES string of the molecule is CCC1CCCN1CCC(NC)c1cccc(F)c1F. The first-order valence-electron chi connectivity index (χ1n) is 7.52. The molecule has 0 saturated carbocycles. The number of benzene rings is 1. The van der Waals surface area contributed by atoms with E-state index in [1.165, 1.54) is 25.3 Å². The molecule has 1 saturated heterocycles. The van der Waals surface area contributed by atoms with Crippen LogP contribution in [0, 0.1) is 11.6 Å². The van der Waals surface area contributed by atoms with Crippen molar-refractivity contribution in [2.24, 2.45) is 0 Å². The maximum atomic E-state index is 13.9. The highest BCUT2D eigenvalue weighted by Gasteiger charge is 2.24. The van der Waals surface area contributed by atoms with E-state index >= 15 is 0 Å². The summed E-state index contributed by atoms with van der Waals surface area (Å²) in [5.74, 6) is -1.49. The van der Waals surface area contributed by atoms with Crippen molar-refractivity contribution in [3.8, 4) is 0 Å². The Hall–Kier alpha value is -1.00. The van der Waals surface area contributed by atoms with Gasteiger partial charge in [-0.15, -0.1) is 0 Å². The van der Waals surface area contributed by atoms with Crippen LogP contribution in [0.2, 0.25) is 0 Å². The Bertz CT molecular complexity index is 436. The minimum atomic E-state index is -0.768. The van der Waals surface area contributed by atoms with Gasteiger partial charge in [0.05, 0.1) is 0 Å². The van der Waals surface area contributed by atoms with Crippen LogP contribution in [0.25, 0.3) is 0 Å². The normalized spacial score (nSPS) is 21.3. The van der Waals surface area contributed by atoms with Crippen LogP contribution in [-0.2, 0) is 0 Å². The van der Waals surface area contributed by atoms with Crippen LogP contribution >= 0.6 is 0 Å². The van der Waals surface area contributed by atoms with Crippen molar-refractivity contribution in [3.63, 3.8) is 0 Å². The number of hydrogen-bond acceptors (Lipinski definition) is 2. The van der Waals surface area contributed by atoms with Crippen LogP contribution in [0.5, 0.6) is 0 Å². The smallest absolute Gasteiger partial charge is 0.163 e. The second-order valence-electron chi connectivity index (χ2n) is 5.51. The molecule has 1 N–H and O–H groups in total. The van der Waals surface area contributed by atoms with Crippen molar-refractivity contribution in [3.05, 3.63) is 35.4 Å². The van der Waals surface area contributed by atoms with E-state index in [0.29, 0.717) is 11.6 Å². The number of rotatable bonds is 6. The van der Waals surface area contributed by atoms with Crippen LogP contribution < -0.4 is 5.32 Å². The molecule has 0 amide bonds. The Labute approximate surface area is 120 Å². The first-order valence-corrected chi connectivity index (χ1v) is 7.52. The molecule has 20 heavy (non-hydrogen) atoms. The van der Waals surface area contributed by atoms with Crippen molar-refractivity contribution in [1.82, 2.24) is 10.2 Å². The minimum absolute atomic E-state index is 0.135. The van der Waals surface area contributed by atoms with Crippen LogP contribution in [0.1, 0.15) is 44.2 Å². The van der Waals surface area contributed by atoms with Crippen LogP contribution in [-0.4, -0.2) is 31.1 Å². The van der Waals surface area contributed by atoms with Crippen molar-refractivity contribution >= 4 is 0 Å². The van der Waals surface area contributed by atoms with Crippen LogP contribution in [0.15, 0.2) is 18.2 Å². The molecule has 2 rings (SSSR count). The molecule has 2 nitrogen and oxygen atoms in total. The lowest BCUT2D eigenvalue weighted by molar-refractivity contribution is 0.234. The van der Waals surface area contributed by atoms with E-state index in [2.05, 4.69) is 17.1 Å². The molecule has 1 aromatic rings. The van der Waals surface area contributed by atoms with Gasteiger partial charge in [-0.1, -0.05) is 19.1 Å². The zero-order valence-corrected chi connectivity index (χ0v) is 12.3. The molecule has 1 heterocycles. The van der Waals surface area contributed by atoms with Gasteiger partial charge in [0.25, 0.3) is 0 Å². The third-order valence-corrected chi connectivity index (χ3v) is 4.38. The predicted molar refractivity (Wildman–Crippen MR) is 77.7 cm³/mol. The standard InChI is InChI=1S/C16H24F2N2/c1-3-12-6-5-10-20(12)11-9-15(19-2)13-7-4-8-14(17)16(13)18/h4,7-8,12,15,19H,3,5-6,9-11H2,1-2H3. The number of hydrogen-bond donors (Lipinski definition) is 1. The number of likely N-dealkylation sites (tertiary alicyclic amines) is 1. The lowest BCUT2D eigenvalue weighted by atomic mass is 10.0. The zero-order chi connectivity index (χ0) is 14.5. The summed E-state index contributed by atoms with van der Waals surface area (Å²) in [7, 11) is 1.80. The van der Waals surface area contributed by atoms with Crippen molar-refractivity contribution in [2.45, 2.75) is 44.7 Å². The third-order valence-electron chi connectivity index (χ3n) is 4.38. The summed E-state index contributed by atoms with van der Waals surface area (Å²) in [4.78, 5) is 2.47. The Morgan fingerprint density at radius 3 is 2.90 bits per heavy atom. The maximum absolute atomic E-state index is 13.9. The molecule has 0 bridgehead atoms. The second kappa shape index (κ2) is 7.14. The highest BCUT2D eigenvalue weighted by Crippen LogP contribution is 2.25. The Morgan fingerprint density at radius 2 is 2.20 bits per heavy atom. The highest BCUT2D eigenvalue weighted by molar-refractivity contribution is 5.22. The average Bonchev–Trinajstić information content (AvgIpc) is 2.91. The summed E-state index contributed by atoms with van der Waals surface area (Å²) in [6.45, 7) is 4.27. The number of halogens is 2. The molecular formula is C16H24F2N2. The highest BCUT2D eigenvalue weighted by atomic mass is 19.2. The van der Waals surface area contributed by atoms with Crippen molar-refractivity contribution in [2.75, 3.05) is 20.1 Å². The van der Waals surface area contributed by atoms with E-state index in [1.807, 2.05) is 0 Å². The number of nitrogens with one attached hydrogen (secondary N) is 1. The molecule has 0 aromatic heterocycles. The quantitative estimate of drug-likeness (QED) is 0.859. The Morgan fingerprint density at radius 1 is 1.40 bits per heavy atom. The molecule has 2 atom stereocenters. The fraction of sp³-hybridized carbons (Fsp3) is 0.625. The molecule has 0 radical (unpaired) electrons. The van der Waals surface area contributed by atoms with Gasteiger partial charge >= 0.3 is 0 Å². The molecule has 1 aliphatic heterocycles. The van der Waals surface area contributed by atoms with E-state index in [0.717, 1.165) is 19.5 Å². The summed E-state index contributed by atoms with van der Waals surface area (Å²) in [6.07, 6.45) is 4.47. The molecule has 2 unspecified atom stereocenters. The number of nitrogens with zero attached hydrogens (tertiary/aromatic N) is 1. The summed E-state index contributed by atoms with van der Waals surface area (Å²) < 4.78 is 27.2. The van der Waals surface area contributed by atoms with Crippen LogP contribution in [0.3, 0.4) is 0 Å². The Balaban J connectivity index is 2.00. The van der Waals surface area contributed by atoms with Gasteiger partial charge < -0.3 is 10.2 Å². The van der Waals surface area contributed by atoms with Gasteiger partial charge in [0.2, 0.25) is 0 Å². The fourth-order valence-corrected chi connectivity index (χ4v) is 3.19.